The van der Waals surface area contributed by atoms with E-state index in [0.717, 1.165) is 38.5 Å². The van der Waals surface area contributed by atoms with Crippen molar-refractivity contribution in [2.24, 2.45) is 11.7 Å². The fraction of sp³-hybridized carbons (Fsp3) is 0.632. The number of nitrogens with zero attached hydrogens (tertiary/aromatic N) is 2. The summed E-state index contributed by atoms with van der Waals surface area (Å²) >= 11 is 0. The summed E-state index contributed by atoms with van der Waals surface area (Å²) in [7, 11) is 1.18. The van der Waals surface area contributed by atoms with Crippen LogP contribution in [0.3, 0.4) is 0 Å². The summed E-state index contributed by atoms with van der Waals surface area (Å²) < 4.78 is 5.60. The second kappa shape index (κ2) is 15.4. The molecule has 0 radical (unpaired) electrons. The molecule has 26 heavy (non-hydrogen) atoms. The number of aromatic hydroxyl groups is 1. The van der Waals surface area contributed by atoms with E-state index in [1.54, 1.807) is 12.1 Å². The summed E-state index contributed by atoms with van der Waals surface area (Å²) in [6, 6.07) is 6.86. The zero-order chi connectivity index (χ0) is 19.8. The topological polar surface area (TPSA) is 112 Å². The fourth-order valence-electron chi connectivity index (χ4n) is 2.78. The summed E-state index contributed by atoms with van der Waals surface area (Å²) in [6.45, 7) is 8.21. The number of para-hydroxylation sites is 1. The molecule has 1 aliphatic heterocycles. The Morgan fingerprint density at radius 2 is 1.92 bits per heavy atom. The second-order valence-corrected chi connectivity index (χ2v) is 5.66. The highest BCUT2D eigenvalue weighted by Crippen LogP contribution is 2.29. The molecule has 0 unspecified atom stereocenters. The fourth-order valence-corrected chi connectivity index (χ4v) is 2.78. The smallest absolute Gasteiger partial charge is 0.178 e. The van der Waals surface area contributed by atoms with Crippen molar-refractivity contribution >= 4 is 0 Å². The molecule has 1 fully saturated rings. The molecule has 7 heteroatoms. The molecule has 0 aromatic heterocycles. The third-order valence-corrected chi connectivity index (χ3v) is 4.05. The maximum absolute atomic E-state index is 9.75. The molecule has 148 valence electrons. The number of rotatable bonds is 6. The lowest BCUT2D eigenvalue weighted by molar-refractivity contribution is -0.214. The number of piperidine rings is 1. The first-order chi connectivity index (χ1) is 12.7. The largest absolute Gasteiger partial charge is 0.504 e. The monoisotopic (exact) mass is 367 g/mol. The summed E-state index contributed by atoms with van der Waals surface area (Å²) in [5.74, 6) is 1.07. The SMILES string of the molecule is CC.COO.N#Cc1cccc(O)c1OCCN1CCC(CCN)CC1. The number of benzene rings is 1. The van der Waals surface area contributed by atoms with E-state index >= 15 is 0 Å². The van der Waals surface area contributed by atoms with Crippen LogP contribution in [0.1, 0.15) is 38.7 Å². The van der Waals surface area contributed by atoms with E-state index in [4.69, 9.17) is 21.0 Å². The Hall–Kier alpha value is -1.85. The van der Waals surface area contributed by atoms with Gasteiger partial charge < -0.3 is 15.6 Å². The van der Waals surface area contributed by atoms with Crippen molar-refractivity contribution in [2.75, 3.05) is 39.9 Å². The Labute approximate surface area is 156 Å². The first-order valence-electron chi connectivity index (χ1n) is 9.11. The summed E-state index contributed by atoms with van der Waals surface area (Å²) in [4.78, 5) is 5.61. The van der Waals surface area contributed by atoms with Crippen molar-refractivity contribution in [1.82, 2.24) is 4.90 Å². The molecule has 0 atom stereocenters. The van der Waals surface area contributed by atoms with Crippen LogP contribution in [0.15, 0.2) is 18.2 Å². The average molecular weight is 367 g/mol. The van der Waals surface area contributed by atoms with Crippen LogP contribution in [0.4, 0.5) is 0 Å². The lowest BCUT2D eigenvalue weighted by Gasteiger charge is -2.31. The minimum absolute atomic E-state index is 0.0238. The summed E-state index contributed by atoms with van der Waals surface area (Å²) in [5.41, 5.74) is 5.97. The van der Waals surface area contributed by atoms with Crippen LogP contribution in [0.25, 0.3) is 0 Å². The minimum Gasteiger partial charge on any atom is -0.504 e. The van der Waals surface area contributed by atoms with E-state index in [0.29, 0.717) is 12.2 Å². The number of phenolic OH excluding ortho intramolecular Hbond substituents is 1. The zero-order valence-electron chi connectivity index (χ0n) is 16.1. The molecular formula is C19H33N3O4. The van der Waals surface area contributed by atoms with Gasteiger partial charge in [-0.1, -0.05) is 19.9 Å². The van der Waals surface area contributed by atoms with Crippen molar-refractivity contribution in [2.45, 2.75) is 33.1 Å². The molecule has 0 spiro atoms. The van der Waals surface area contributed by atoms with Gasteiger partial charge in [-0.25, -0.2) is 4.89 Å². The molecule has 4 N–H and O–H groups in total. The van der Waals surface area contributed by atoms with Gasteiger partial charge in [0.1, 0.15) is 12.7 Å². The quantitative estimate of drug-likeness (QED) is 0.523. The molecule has 0 amide bonds. The zero-order valence-corrected chi connectivity index (χ0v) is 16.1. The van der Waals surface area contributed by atoms with Crippen LogP contribution in [0.5, 0.6) is 11.5 Å². The van der Waals surface area contributed by atoms with Gasteiger partial charge in [0.25, 0.3) is 0 Å². The standard InChI is InChI=1S/C16H23N3O2.C2H6.CH4O2/c17-7-4-13-5-8-19(9-6-13)10-11-21-16-14(12-18)2-1-3-15(16)20;1-2;1-3-2/h1-3,13,20H,4-11,17H2;1-2H3;2H,1H3. The van der Waals surface area contributed by atoms with E-state index in [1.807, 2.05) is 19.9 Å². The lowest BCUT2D eigenvalue weighted by atomic mass is 9.94. The first kappa shape index (κ1) is 24.1. The normalized spacial score (nSPS) is 14.3. The lowest BCUT2D eigenvalue weighted by Crippen LogP contribution is -2.36. The van der Waals surface area contributed by atoms with Crippen molar-refractivity contribution in [3.8, 4) is 17.6 Å². The number of nitrogens with two attached hydrogens (primary N) is 1. The van der Waals surface area contributed by atoms with Crippen LogP contribution >= 0.6 is 0 Å². The highest BCUT2D eigenvalue weighted by atomic mass is 17.1. The van der Waals surface area contributed by atoms with Crippen molar-refractivity contribution in [3.05, 3.63) is 23.8 Å². The Morgan fingerprint density at radius 3 is 2.46 bits per heavy atom. The molecule has 1 heterocycles. The number of hydrogen-bond acceptors (Lipinski definition) is 7. The molecule has 0 bridgehead atoms. The molecule has 1 saturated heterocycles. The summed E-state index contributed by atoms with van der Waals surface area (Å²) in [6.07, 6.45) is 3.50. The van der Waals surface area contributed by atoms with Gasteiger partial charge in [-0.2, -0.15) is 5.26 Å². The Kier molecular flexibility index (Phi) is 14.3. The van der Waals surface area contributed by atoms with Crippen LogP contribution in [0.2, 0.25) is 0 Å². The van der Waals surface area contributed by atoms with Crippen molar-refractivity contribution in [1.29, 1.82) is 5.26 Å². The maximum atomic E-state index is 9.75. The molecular weight excluding hydrogens is 334 g/mol. The molecule has 1 aromatic rings. The number of likely N-dealkylation sites (tertiary alicyclic amines) is 1. The van der Waals surface area contributed by atoms with Crippen LogP contribution in [-0.4, -0.2) is 55.2 Å². The third-order valence-electron chi connectivity index (χ3n) is 4.05. The highest BCUT2D eigenvalue weighted by molar-refractivity contribution is 5.51. The van der Waals surface area contributed by atoms with Gasteiger partial charge in [0.15, 0.2) is 11.5 Å². The summed E-state index contributed by atoms with van der Waals surface area (Å²) in [5, 5.41) is 25.8. The molecule has 2 rings (SSSR count). The van der Waals surface area contributed by atoms with Gasteiger partial charge in [0.2, 0.25) is 0 Å². The van der Waals surface area contributed by atoms with E-state index in [2.05, 4.69) is 9.79 Å². The van der Waals surface area contributed by atoms with E-state index in [-0.39, 0.29) is 11.5 Å². The average Bonchev–Trinajstić information content (AvgIpc) is 2.67. The van der Waals surface area contributed by atoms with Crippen molar-refractivity contribution < 1.29 is 20.0 Å². The number of hydrogen-bond donors (Lipinski definition) is 3. The van der Waals surface area contributed by atoms with Crippen LogP contribution in [-0.2, 0) is 4.89 Å². The van der Waals surface area contributed by atoms with Gasteiger partial charge in [-0.05, 0) is 56.9 Å². The number of phenols is 1. The van der Waals surface area contributed by atoms with Gasteiger partial charge in [-0.3, -0.25) is 10.2 Å². The first-order valence-corrected chi connectivity index (χ1v) is 9.11. The molecule has 1 aliphatic rings. The van der Waals surface area contributed by atoms with E-state index < -0.39 is 0 Å². The molecule has 1 aromatic carbocycles. The Balaban J connectivity index is 0.00000113. The van der Waals surface area contributed by atoms with Crippen LogP contribution in [0, 0.1) is 17.2 Å². The molecule has 0 aliphatic carbocycles. The number of ether oxygens (including phenoxy) is 1. The van der Waals surface area contributed by atoms with Gasteiger partial charge in [-0.15, -0.1) is 0 Å². The van der Waals surface area contributed by atoms with Gasteiger partial charge in [0.05, 0.1) is 12.7 Å². The number of nitriles is 1. The minimum atomic E-state index is 0.0238. The molecule has 7 nitrogen and oxygen atoms in total. The van der Waals surface area contributed by atoms with Crippen LogP contribution < -0.4 is 10.5 Å². The highest BCUT2D eigenvalue weighted by Gasteiger charge is 2.18. The van der Waals surface area contributed by atoms with Gasteiger partial charge >= 0.3 is 0 Å². The van der Waals surface area contributed by atoms with Crippen molar-refractivity contribution in [3.63, 3.8) is 0 Å². The Morgan fingerprint density at radius 1 is 1.31 bits per heavy atom. The molecule has 0 saturated carbocycles. The Bertz CT molecular complexity index is 512. The third kappa shape index (κ3) is 9.02. The van der Waals surface area contributed by atoms with E-state index in [9.17, 15) is 5.11 Å². The second-order valence-electron chi connectivity index (χ2n) is 5.66. The predicted octanol–water partition coefficient (Wildman–Crippen LogP) is 2.84. The maximum Gasteiger partial charge on any atom is 0.178 e. The van der Waals surface area contributed by atoms with Gasteiger partial charge in [0, 0.05) is 6.54 Å². The predicted molar refractivity (Wildman–Crippen MR) is 102 cm³/mol. The van der Waals surface area contributed by atoms with E-state index in [1.165, 1.54) is 26.0 Å².